The largest absolute Gasteiger partial charge is 0.480 e. The number of carboxylic acids is 1. The predicted octanol–water partition coefficient (Wildman–Crippen LogP) is 0.905. The number of nitrogens with one attached hydrogen (secondary N) is 2. The lowest BCUT2D eigenvalue weighted by Gasteiger charge is -2.22. The van der Waals surface area contributed by atoms with Gasteiger partial charge in [0.2, 0.25) is 10.0 Å². The van der Waals surface area contributed by atoms with E-state index in [1.807, 2.05) is 0 Å². The van der Waals surface area contributed by atoms with Crippen molar-refractivity contribution in [3.63, 3.8) is 0 Å². The molecule has 0 radical (unpaired) electrons. The second kappa shape index (κ2) is 7.04. The van der Waals surface area contributed by atoms with E-state index in [1.54, 1.807) is 0 Å². The molecule has 1 aromatic heterocycles. The molecule has 0 bridgehead atoms. The van der Waals surface area contributed by atoms with E-state index < -0.39 is 22.0 Å². The van der Waals surface area contributed by atoms with Crippen LogP contribution in [-0.2, 0) is 21.2 Å². The van der Waals surface area contributed by atoms with Gasteiger partial charge in [-0.25, -0.2) is 18.1 Å². The molecule has 7 nitrogen and oxygen atoms in total. The first-order valence-electron chi connectivity index (χ1n) is 7.16. The van der Waals surface area contributed by atoms with Crippen LogP contribution < -0.4 is 4.72 Å². The average Bonchev–Trinajstić information content (AvgIpc) is 2.91. The van der Waals surface area contributed by atoms with Crippen LogP contribution in [0.15, 0.2) is 12.5 Å². The fraction of sp³-hybridized carbons (Fsp3) is 0.692. The molecular formula is C13H21N3O4S. The number of carboxylic acid groups (broad SMARTS) is 1. The summed E-state index contributed by atoms with van der Waals surface area (Å²) in [4.78, 5) is 17.8. The van der Waals surface area contributed by atoms with Crippen molar-refractivity contribution in [1.82, 2.24) is 14.7 Å². The summed E-state index contributed by atoms with van der Waals surface area (Å²) in [6.07, 6.45) is 8.04. The summed E-state index contributed by atoms with van der Waals surface area (Å²) in [6.45, 7) is 0. The first-order chi connectivity index (χ1) is 9.96. The van der Waals surface area contributed by atoms with Crippen LogP contribution in [0.25, 0.3) is 0 Å². The first kappa shape index (κ1) is 16.0. The Morgan fingerprint density at radius 2 is 2.14 bits per heavy atom. The van der Waals surface area contributed by atoms with Gasteiger partial charge in [0.05, 0.1) is 12.1 Å². The zero-order valence-electron chi connectivity index (χ0n) is 11.8. The number of nitrogens with zero attached hydrogens (tertiary/aromatic N) is 1. The minimum absolute atomic E-state index is 0.0136. The number of sulfonamides is 1. The van der Waals surface area contributed by atoms with Crippen LogP contribution in [0.1, 0.15) is 37.8 Å². The van der Waals surface area contributed by atoms with Gasteiger partial charge in [-0.05, 0) is 18.8 Å². The van der Waals surface area contributed by atoms with Crippen molar-refractivity contribution in [3.05, 3.63) is 18.2 Å². The summed E-state index contributed by atoms with van der Waals surface area (Å²) in [6, 6.07) is -1.17. The Bertz CT molecular complexity index is 550. The van der Waals surface area contributed by atoms with Gasteiger partial charge >= 0.3 is 5.97 Å². The zero-order valence-corrected chi connectivity index (χ0v) is 12.6. The summed E-state index contributed by atoms with van der Waals surface area (Å²) in [5, 5.41) is 9.18. The lowest BCUT2D eigenvalue weighted by molar-refractivity contribution is -0.138. The van der Waals surface area contributed by atoms with E-state index in [2.05, 4.69) is 14.7 Å². The van der Waals surface area contributed by atoms with Crippen LogP contribution in [0.4, 0.5) is 0 Å². The number of rotatable bonds is 7. The molecule has 1 aliphatic rings. The molecular weight excluding hydrogens is 294 g/mol. The third kappa shape index (κ3) is 5.13. The molecule has 1 aromatic rings. The maximum Gasteiger partial charge on any atom is 0.322 e. The van der Waals surface area contributed by atoms with Crippen molar-refractivity contribution in [2.24, 2.45) is 5.92 Å². The van der Waals surface area contributed by atoms with E-state index in [1.165, 1.54) is 12.5 Å². The number of aromatic amines is 1. The van der Waals surface area contributed by atoms with Gasteiger partial charge in [-0.3, -0.25) is 4.79 Å². The maximum atomic E-state index is 12.1. The normalized spacial score (nSPS) is 18.5. The fourth-order valence-electron chi connectivity index (χ4n) is 2.72. The van der Waals surface area contributed by atoms with Gasteiger partial charge in [-0.2, -0.15) is 0 Å². The highest BCUT2D eigenvalue weighted by Gasteiger charge is 2.27. The van der Waals surface area contributed by atoms with Crippen LogP contribution in [-0.4, -0.2) is 41.3 Å². The van der Waals surface area contributed by atoms with Gasteiger partial charge in [0.25, 0.3) is 0 Å². The summed E-state index contributed by atoms with van der Waals surface area (Å²) < 4.78 is 26.6. The van der Waals surface area contributed by atoms with Crippen LogP contribution in [0.2, 0.25) is 0 Å². The van der Waals surface area contributed by atoms with Crippen molar-refractivity contribution < 1.29 is 18.3 Å². The van der Waals surface area contributed by atoms with Gasteiger partial charge in [-0.15, -0.1) is 0 Å². The second-order valence-electron chi connectivity index (χ2n) is 5.58. The standard InChI is InChI=1S/C13H21N3O4S/c17-13(18)12(6-11-7-14-9-15-11)16-21(19,20)8-10-4-2-1-3-5-10/h7,9-10,12,16H,1-6,8H2,(H,14,15)(H,17,18)/t12-/m0/s1. The van der Waals surface area contributed by atoms with E-state index in [4.69, 9.17) is 0 Å². The second-order valence-corrected chi connectivity index (χ2v) is 7.37. The molecule has 1 heterocycles. The fourth-order valence-corrected chi connectivity index (χ4v) is 4.39. The summed E-state index contributed by atoms with van der Waals surface area (Å²) >= 11 is 0. The van der Waals surface area contributed by atoms with Crippen molar-refractivity contribution >= 4 is 16.0 Å². The highest BCUT2D eigenvalue weighted by molar-refractivity contribution is 7.89. The molecule has 1 aliphatic carbocycles. The monoisotopic (exact) mass is 315 g/mol. The predicted molar refractivity (Wildman–Crippen MR) is 77.2 cm³/mol. The molecule has 0 saturated heterocycles. The molecule has 1 saturated carbocycles. The number of aromatic nitrogens is 2. The third-order valence-corrected chi connectivity index (χ3v) is 5.33. The summed E-state index contributed by atoms with van der Waals surface area (Å²) in [7, 11) is -3.59. The Hall–Kier alpha value is -1.41. The van der Waals surface area contributed by atoms with E-state index in [9.17, 15) is 18.3 Å². The number of H-pyrrole nitrogens is 1. The van der Waals surface area contributed by atoms with Gasteiger partial charge in [-0.1, -0.05) is 19.3 Å². The Labute approximate surface area is 124 Å². The molecule has 118 valence electrons. The van der Waals surface area contributed by atoms with E-state index in [0.29, 0.717) is 5.69 Å². The van der Waals surface area contributed by atoms with Crippen LogP contribution in [0.5, 0.6) is 0 Å². The lowest BCUT2D eigenvalue weighted by atomic mass is 9.91. The molecule has 1 fully saturated rings. The van der Waals surface area contributed by atoms with Gasteiger partial charge in [0, 0.05) is 18.3 Å². The number of imidazole rings is 1. The number of aliphatic carboxylic acids is 1. The summed E-state index contributed by atoms with van der Waals surface area (Å²) in [5.74, 6) is -1.03. The van der Waals surface area contributed by atoms with Crippen molar-refractivity contribution in [2.45, 2.75) is 44.6 Å². The Kier molecular flexibility index (Phi) is 5.35. The molecule has 3 N–H and O–H groups in total. The van der Waals surface area contributed by atoms with Gasteiger partial charge < -0.3 is 10.1 Å². The molecule has 21 heavy (non-hydrogen) atoms. The van der Waals surface area contributed by atoms with Crippen molar-refractivity contribution in [3.8, 4) is 0 Å². The van der Waals surface area contributed by atoms with Crippen LogP contribution in [0, 0.1) is 5.92 Å². The Morgan fingerprint density at radius 1 is 1.43 bits per heavy atom. The van der Waals surface area contributed by atoms with Crippen LogP contribution in [0.3, 0.4) is 0 Å². The molecule has 2 rings (SSSR count). The average molecular weight is 315 g/mol. The summed E-state index contributed by atoms with van der Waals surface area (Å²) in [5.41, 5.74) is 0.586. The number of hydrogen-bond acceptors (Lipinski definition) is 4. The highest BCUT2D eigenvalue weighted by Crippen LogP contribution is 2.24. The van der Waals surface area contributed by atoms with Gasteiger partial charge in [0.1, 0.15) is 6.04 Å². The quantitative estimate of drug-likeness (QED) is 0.692. The van der Waals surface area contributed by atoms with Crippen molar-refractivity contribution in [1.29, 1.82) is 0 Å². The third-order valence-electron chi connectivity index (χ3n) is 3.78. The van der Waals surface area contributed by atoms with Crippen LogP contribution >= 0.6 is 0 Å². The topological polar surface area (TPSA) is 112 Å². The van der Waals surface area contributed by atoms with Gasteiger partial charge in [0.15, 0.2) is 0 Å². The van der Waals surface area contributed by atoms with Crippen molar-refractivity contribution in [2.75, 3.05) is 5.75 Å². The molecule has 0 amide bonds. The van der Waals surface area contributed by atoms with E-state index >= 15 is 0 Å². The smallest absolute Gasteiger partial charge is 0.322 e. The minimum atomic E-state index is -3.59. The number of hydrogen-bond donors (Lipinski definition) is 3. The zero-order chi connectivity index (χ0) is 15.3. The SMILES string of the molecule is O=C(O)[C@H](Cc1cnc[nH]1)NS(=O)(=O)CC1CCCCC1. The Balaban J connectivity index is 1.96. The molecule has 0 spiro atoms. The lowest BCUT2D eigenvalue weighted by Crippen LogP contribution is -2.44. The molecule has 1 atom stereocenters. The first-order valence-corrected chi connectivity index (χ1v) is 8.81. The van der Waals surface area contributed by atoms with E-state index in [0.717, 1.165) is 32.1 Å². The Morgan fingerprint density at radius 3 is 2.71 bits per heavy atom. The number of carbonyl (C=O) groups is 1. The highest BCUT2D eigenvalue weighted by atomic mass is 32.2. The molecule has 0 unspecified atom stereocenters. The molecule has 0 aromatic carbocycles. The molecule has 8 heteroatoms. The maximum absolute atomic E-state index is 12.1. The minimum Gasteiger partial charge on any atom is -0.480 e. The van der Waals surface area contributed by atoms with E-state index in [-0.39, 0.29) is 18.1 Å². The molecule has 0 aliphatic heterocycles.